The fourth-order valence-electron chi connectivity index (χ4n) is 1.77. The molecule has 2 rings (SSSR count). The Morgan fingerprint density at radius 3 is 3.00 bits per heavy atom. The number of fused-ring (bicyclic) bond motifs is 1. The molecule has 78 valence electrons. The molecule has 4 heteroatoms. The summed E-state index contributed by atoms with van der Waals surface area (Å²) in [7, 11) is 0. The lowest BCUT2D eigenvalue weighted by molar-refractivity contribution is -0.107. The van der Waals surface area contributed by atoms with Gasteiger partial charge in [0.25, 0.3) is 0 Å². The van der Waals surface area contributed by atoms with Gasteiger partial charge in [-0.3, -0.25) is 4.79 Å². The lowest BCUT2D eigenvalue weighted by atomic mass is 10.2. The molecule has 1 N–H and O–H groups in total. The number of rotatable bonds is 1. The molecule has 1 amide bonds. The van der Waals surface area contributed by atoms with E-state index in [1.165, 1.54) is 0 Å². The summed E-state index contributed by atoms with van der Waals surface area (Å²) in [5.74, 6) is 0. The van der Waals surface area contributed by atoms with Gasteiger partial charge in [0.2, 0.25) is 6.41 Å². The average Bonchev–Trinajstić information content (AvgIpc) is 2.32. The van der Waals surface area contributed by atoms with E-state index in [-0.39, 0.29) is 6.04 Å². The number of anilines is 2. The van der Waals surface area contributed by atoms with Crippen LogP contribution in [-0.2, 0) is 4.79 Å². The minimum atomic E-state index is 0.103. The second kappa shape index (κ2) is 3.98. The van der Waals surface area contributed by atoms with E-state index < -0.39 is 0 Å². The van der Waals surface area contributed by atoms with Crippen LogP contribution in [0.15, 0.2) is 24.3 Å². The summed E-state index contributed by atoms with van der Waals surface area (Å²) in [5.41, 5.74) is 1.79. The van der Waals surface area contributed by atoms with Crippen LogP contribution >= 0.6 is 12.2 Å². The summed E-state index contributed by atoms with van der Waals surface area (Å²) in [6, 6.07) is 7.79. The minimum Gasteiger partial charge on any atom is -0.348 e. The van der Waals surface area contributed by atoms with Gasteiger partial charge in [0.1, 0.15) is 0 Å². The number of nitrogens with zero attached hydrogens (tertiary/aromatic N) is 1. The summed E-state index contributed by atoms with van der Waals surface area (Å²) in [4.78, 5) is 13.5. The maximum Gasteiger partial charge on any atom is 0.214 e. The van der Waals surface area contributed by atoms with Crippen LogP contribution in [0.4, 0.5) is 11.4 Å². The van der Waals surface area contributed by atoms with E-state index in [1.54, 1.807) is 4.90 Å². The minimum absolute atomic E-state index is 0.103. The molecule has 1 aliphatic heterocycles. The van der Waals surface area contributed by atoms with Crippen molar-refractivity contribution >= 4 is 35.0 Å². The van der Waals surface area contributed by atoms with Gasteiger partial charge in [-0.1, -0.05) is 24.4 Å². The fourth-order valence-corrected chi connectivity index (χ4v) is 2.12. The molecule has 1 aromatic rings. The Hall–Kier alpha value is -1.42. The van der Waals surface area contributed by atoms with Crippen LogP contribution in [0.5, 0.6) is 0 Å². The summed E-state index contributed by atoms with van der Waals surface area (Å²) in [6.45, 7) is 1.99. The number of carbonyl (C=O) groups is 1. The average molecular weight is 220 g/mol. The molecule has 0 aromatic heterocycles. The quantitative estimate of drug-likeness (QED) is 0.581. The largest absolute Gasteiger partial charge is 0.348 e. The van der Waals surface area contributed by atoms with Gasteiger partial charge in [0.05, 0.1) is 16.4 Å². The number of para-hydroxylation sites is 2. The Labute approximate surface area is 94.1 Å². The first-order chi connectivity index (χ1) is 7.22. The Morgan fingerprint density at radius 2 is 2.27 bits per heavy atom. The fraction of sp³-hybridized carbons (Fsp3) is 0.273. The van der Waals surface area contributed by atoms with Crippen molar-refractivity contribution in [2.45, 2.75) is 19.4 Å². The van der Waals surface area contributed by atoms with E-state index in [9.17, 15) is 4.79 Å². The van der Waals surface area contributed by atoms with Gasteiger partial charge in [-0.25, -0.2) is 0 Å². The normalized spacial score (nSPS) is 20.2. The molecule has 0 spiro atoms. The highest BCUT2D eigenvalue weighted by molar-refractivity contribution is 7.80. The third kappa shape index (κ3) is 1.85. The van der Waals surface area contributed by atoms with Gasteiger partial charge < -0.3 is 10.2 Å². The van der Waals surface area contributed by atoms with Crippen molar-refractivity contribution in [3.8, 4) is 0 Å². The molecule has 0 saturated carbocycles. The first-order valence-electron chi connectivity index (χ1n) is 4.85. The zero-order valence-electron chi connectivity index (χ0n) is 8.43. The standard InChI is InChI=1S/C11H12N2OS/c1-8-6-11(15)12-9-4-2-3-5-10(9)13(8)7-14/h2-5,7-8H,6H2,1H3,(H,12,15). The molecule has 1 aliphatic rings. The highest BCUT2D eigenvalue weighted by Crippen LogP contribution is 2.30. The van der Waals surface area contributed by atoms with E-state index in [1.807, 2.05) is 31.2 Å². The Morgan fingerprint density at radius 1 is 1.53 bits per heavy atom. The molecule has 15 heavy (non-hydrogen) atoms. The number of hydrogen-bond acceptors (Lipinski definition) is 2. The predicted octanol–water partition coefficient (Wildman–Crippen LogP) is 2.18. The molecular weight excluding hydrogens is 208 g/mol. The Balaban J connectivity index is 2.50. The maximum atomic E-state index is 11.0. The molecule has 0 aliphatic carbocycles. The molecule has 0 bridgehead atoms. The van der Waals surface area contributed by atoms with Crippen molar-refractivity contribution < 1.29 is 4.79 Å². The lowest BCUT2D eigenvalue weighted by Gasteiger charge is -2.22. The van der Waals surface area contributed by atoms with E-state index in [2.05, 4.69) is 5.32 Å². The summed E-state index contributed by atoms with van der Waals surface area (Å²) in [5, 5.41) is 3.15. The molecule has 1 unspecified atom stereocenters. The van der Waals surface area contributed by atoms with Crippen LogP contribution in [0.25, 0.3) is 0 Å². The number of benzene rings is 1. The molecule has 1 aromatic carbocycles. The lowest BCUT2D eigenvalue weighted by Crippen LogP contribution is -2.31. The maximum absolute atomic E-state index is 11.0. The van der Waals surface area contributed by atoms with E-state index in [0.29, 0.717) is 6.42 Å². The number of thiocarbonyl (C=S) groups is 1. The van der Waals surface area contributed by atoms with E-state index >= 15 is 0 Å². The Bertz CT molecular complexity index is 405. The van der Waals surface area contributed by atoms with Gasteiger partial charge in [-0.05, 0) is 19.1 Å². The third-order valence-corrected chi connectivity index (χ3v) is 2.79. The van der Waals surface area contributed by atoms with Crippen molar-refractivity contribution in [2.75, 3.05) is 10.2 Å². The monoisotopic (exact) mass is 220 g/mol. The highest BCUT2D eigenvalue weighted by Gasteiger charge is 2.22. The SMILES string of the molecule is CC1CC(=S)Nc2ccccc2N1C=O. The second-order valence-electron chi connectivity index (χ2n) is 3.63. The number of amides is 1. The number of nitrogens with one attached hydrogen (secondary N) is 1. The summed E-state index contributed by atoms with van der Waals surface area (Å²) in [6.07, 6.45) is 1.56. The van der Waals surface area contributed by atoms with E-state index in [4.69, 9.17) is 12.2 Å². The molecule has 0 fully saturated rings. The van der Waals surface area contributed by atoms with Crippen molar-refractivity contribution in [3.63, 3.8) is 0 Å². The number of hydrogen-bond donors (Lipinski definition) is 1. The van der Waals surface area contributed by atoms with Crippen LogP contribution < -0.4 is 10.2 Å². The zero-order chi connectivity index (χ0) is 10.8. The van der Waals surface area contributed by atoms with Crippen LogP contribution in [0.2, 0.25) is 0 Å². The molecule has 0 saturated heterocycles. The highest BCUT2D eigenvalue weighted by atomic mass is 32.1. The first-order valence-corrected chi connectivity index (χ1v) is 5.25. The van der Waals surface area contributed by atoms with E-state index in [0.717, 1.165) is 22.8 Å². The zero-order valence-corrected chi connectivity index (χ0v) is 9.25. The molecule has 1 atom stereocenters. The topological polar surface area (TPSA) is 32.3 Å². The smallest absolute Gasteiger partial charge is 0.214 e. The van der Waals surface area contributed by atoms with Crippen molar-refractivity contribution in [1.29, 1.82) is 0 Å². The van der Waals surface area contributed by atoms with Gasteiger partial charge in [-0.15, -0.1) is 0 Å². The van der Waals surface area contributed by atoms with Crippen molar-refractivity contribution in [2.24, 2.45) is 0 Å². The van der Waals surface area contributed by atoms with Crippen LogP contribution in [-0.4, -0.2) is 17.4 Å². The van der Waals surface area contributed by atoms with Gasteiger partial charge in [0.15, 0.2) is 0 Å². The molecule has 1 heterocycles. The van der Waals surface area contributed by atoms with Gasteiger partial charge >= 0.3 is 0 Å². The first kappa shape index (κ1) is 10.1. The summed E-state index contributed by atoms with van der Waals surface area (Å²) >= 11 is 5.19. The second-order valence-corrected chi connectivity index (χ2v) is 4.12. The Kier molecular flexibility index (Phi) is 2.68. The molecular formula is C11H12N2OS. The van der Waals surface area contributed by atoms with Crippen LogP contribution in [0, 0.1) is 0 Å². The van der Waals surface area contributed by atoms with Crippen LogP contribution in [0.3, 0.4) is 0 Å². The summed E-state index contributed by atoms with van der Waals surface area (Å²) < 4.78 is 0. The van der Waals surface area contributed by atoms with Gasteiger partial charge in [0, 0.05) is 12.5 Å². The van der Waals surface area contributed by atoms with Crippen molar-refractivity contribution in [1.82, 2.24) is 0 Å². The van der Waals surface area contributed by atoms with Crippen LogP contribution in [0.1, 0.15) is 13.3 Å². The van der Waals surface area contributed by atoms with Crippen molar-refractivity contribution in [3.05, 3.63) is 24.3 Å². The van der Waals surface area contributed by atoms with Gasteiger partial charge in [-0.2, -0.15) is 0 Å². The predicted molar refractivity (Wildman–Crippen MR) is 65.3 cm³/mol. The number of carbonyl (C=O) groups excluding carboxylic acids is 1. The molecule has 3 nitrogen and oxygen atoms in total. The third-order valence-electron chi connectivity index (χ3n) is 2.53. The molecule has 0 radical (unpaired) electrons.